The van der Waals surface area contributed by atoms with Gasteiger partial charge < -0.3 is 15.2 Å². The molecule has 1 atom stereocenters. The van der Waals surface area contributed by atoms with Crippen LogP contribution in [0, 0.1) is 0 Å². The summed E-state index contributed by atoms with van der Waals surface area (Å²) in [6.07, 6.45) is -0.655. The van der Waals surface area contributed by atoms with Crippen LogP contribution in [0.2, 0.25) is 0 Å². The molecule has 0 aliphatic carbocycles. The van der Waals surface area contributed by atoms with E-state index in [0.29, 0.717) is 11.3 Å². The summed E-state index contributed by atoms with van der Waals surface area (Å²) < 4.78 is 6.01. The van der Waals surface area contributed by atoms with Crippen molar-refractivity contribution in [2.45, 2.75) is 12.5 Å². The molecule has 2 aromatic rings. The van der Waals surface area contributed by atoms with Gasteiger partial charge in [-0.1, -0.05) is 15.9 Å². The van der Waals surface area contributed by atoms with Gasteiger partial charge >= 0.3 is 11.9 Å². The molecule has 0 spiro atoms. The smallest absolute Gasteiger partial charge is 0.339 e. The molecule has 1 aliphatic heterocycles. The maximum absolute atomic E-state index is 12.3. The molecule has 6 nitrogen and oxygen atoms in total. The van der Waals surface area contributed by atoms with Gasteiger partial charge in [-0.3, -0.25) is 4.79 Å². The van der Waals surface area contributed by atoms with Crippen molar-refractivity contribution in [1.29, 1.82) is 0 Å². The molecule has 0 radical (unpaired) electrons. The lowest BCUT2D eigenvalue weighted by Gasteiger charge is -2.24. The van der Waals surface area contributed by atoms with Crippen LogP contribution in [-0.4, -0.2) is 29.1 Å². The van der Waals surface area contributed by atoms with Crippen molar-refractivity contribution >= 4 is 39.5 Å². The van der Waals surface area contributed by atoms with Gasteiger partial charge in [-0.15, -0.1) is 0 Å². The number of cyclic esters (lactones) is 1. The van der Waals surface area contributed by atoms with Crippen molar-refractivity contribution in [3.63, 3.8) is 0 Å². The average Bonchev–Trinajstić information content (AvgIpc) is 2.54. The number of hydrogen-bond acceptors (Lipinski definition) is 4. The number of esters is 1. The number of halogens is 1. The van der Waals surface area contributed by atoms with Crippen LogP contribution in [0.1, 0.15) is 26.3 Å². The minimum absolute atomic E-state index is 0.121. The second kappa shape index (κ2) is 6.45. The monoisotopic (exact) mass is 389 g/mol. The second-order valence-corrected chi connectivity index (χ2v) is 6.19. The van der Waals surface area contributed by atoms with Crippen LogP contribution < -0.4 is 5.32 Å². The maximum Gasteiger partial charge on any atom is 0.339 e. The molecule has 1 amide bonds. The van der Waals surface area contributed by atoms with Crippen molar-refractivity contribution in [3.05, 3.63) is 63.6 Å². The summed E-state index contributed by atoms with van der Waals surface area (Å²) >= 11 is 3.34. The molecular formula is C17H12BrNO5. The van der Waals surface area contributed by atoms with Crippen molar-refractivity contribution in [3.8, 4) is 0 Å². The number of nitrogens with one attached hydrogen (secondary N) is 1. The first kappa shape index (κ1) is 16.2. The number of carboxylic acid groups (broad SMARTS) is 1. The van der Waals surface area contributed by atoms with Crippen molar-refractivity contribution in [2.75, 3.05) is 5.32 Å². The van der Waals surface area contributed by atoms with Gasteiger partial charge in [0.05, 0.1) is 11.1 Å². The Morgan fingerprint density at radius 2 is 1.88 bits per heavy atom. The van der Waals surface area contributed by atoms with Crippen LogP contribution in [0.5, 0.6) is 0 Å². The second-order valence-electron chi connectivity index (χ2n) is 5.27. The molecule has 0 fully saturated rings. The number of rotatable bonds is 3. The summed E-state index contributed by atoms with van der Waals surface area (Å²) in [7, 11) is 0. The Hall–Kier alpha value is -2.67. The first-order valence-corrected chi connectivity index (χ1v) is 7.87. The maximum atomic E-state index is 12.3. The first-order chi connectivity index (χ1) is 11.4. The lowest BCUT2D eigenvalue weighted by Crippen LogP contribution is -2.38. The zero-order chi connectivity index (χ0) is 17.3. The van der Waals surface area contributed by atoms with Gasteiger partial charge in [0.2, 0.25) is 0 Å². The number of carbonyl (C=O) groups is 3. The van der Waals surface area contributed by atoms with E-state index in [1.807, 2.05) is 0 Å². The van der Waals surface area contributed by atoms with Crippen LogP contribution in [0.3, 0.4) is 0 Å². The van der Waals surface area contributed by atoms with E-state index < -0.39 is 23.9 Å². The Kier molecular flexibility index (Phi) is 4.35. The first-order valence-electron chi connectivity index (χ1n) is 7.07. The highest BCUT2D eigenvalue weighted by Gasteiger charge is 2.31. The minimum atomic E-state index is -1.05. The molecule has 0 saturated heterocycles. The third-order valence-electron chi connectivity index (χ3n) is 3.63. The number of hydrogen-bond donors (Lipinski definition) is 2. The number of ether oxygens (including phenoxy) is 1. The van der Waals surface area contributed by atoms with Gasteiger partial charge in [0.1, 0.15) is 0 Å². The highest BCUT2D eigenvalue weighted by atomic mass is 79.9. The van der Waals surface area contributed by atoms with Crippen LogP contribution in [0.15, 0.2) is 46.9 Å². The molecule has 0 aromatic heterocycles. The van der Waals surface area contributed by atoms with E-state index in [1.165, 1.54) is 24.3 Å². The summed E-state index contributed by atoms with van der Waals surface area (Å²) in [4.78, 5) is 35.1. The normalized spacial score (nSPS) is 16.0. The molecule has 24 heavy (non-hydrogen) atoms. The fourth-order valence-electron chi connectivity index (χ4n) is 2.43. The average molecular weight is 390 g/mol. The Labute approximate surface area is 145 Å². The van der Waals surface area contributed by atoms with Crippen LogP contribution >= 0.6 is 15.9 Å². The molecule has 3 rings (SSSR count). The van der Waals surface area contributed by atoms with Crippen molar-refractivity contribution < 1.29 is 24.2 Å². The molecule has 1 heterocycles. The Bertz CT molecular complexity index is 831. The van der Waals surface area contributed by atoms with Crippen LogP contribution in [-0.2, 0) is 16.0 Å². The topological polar surface area (TPSA) is 92.7 Å². The summed E-state index contributed by atoms with van der Waals surface area (Å²) in [6.45, 7) is 0. The predicted molar refractivity (Wildman–Crippen MR) is 89.1 cm³/mol. The molecular weight excluding hydrogens is 378 g/mol. The quantitative estimate of drug-likeness (QED) is 0.787. The zero-order valence-corrected chi connectivity index (χ0v) is 13.9. The van der Waals surface area contributed by atoms with Gasteiger partial charge in [0.15, 0.2) is 6.10 Å². The number of anilines is 1. The van der Waals surface area contributed by atoms with E-state index in [0.717, 1.165) is 10.0 Å². The van der Waals surface area contributed by atoms with Crippen LogP contribution in [0.25, 0.3) is 0 Å². The fraction of sp³-hybridized carbons (Fsp3) is 0.118. The highest BCUT2D eigenvalue weighted by molar-refractivity contribution is 9.10. The molecule has 0 bridgehead atoms. The number of carbonyl (C=O) groups excluding carboxylic acids is 2. The summed E-state index contributed by atoms with van der Waals surface area (Å²) in [5, 5.41) is 11.5. The van der Waals surface area contributed by atoms with E-state index in [9.17, 15) is 14.4 Å². The molecule has 7 heteroatoms. The molecule has 1 aliphatic rings. The standard InChI is InChI=1S/C17H12BrNO5/c18-11-3-6-13-10(7-11)8-14(24-17(13)23)15(20)19-12-4-1-9(2-5-12)16(21)22/h1-7,14H,8H2,(H,19,20)(H,21,22). The SMILES string of the molecule is O=C(O)c1ccc(NC(=O)C2Cc3cc(Br)ccc3C(=O)O2)cc1. The zero-order valence-electron chi connectivity index (χ0n) is 12.3. The minimum Gasteiger partial charge on any atom is -0.478 e. The lowest BCUT2D eigenvalue weighted by molar-refractivity contribution is -0.125. The largest absolute Gasteiger partial charge is 0.478 e. The van der Waals surface area contributed by atoms with Gasteiger partial charge in [-0.2, -0.15) is 0 Å². The van der Waals surface area contributed by atoms with Gasteiger partial charge in [-0.05, 0) is 48.0 Å². The summed E-state index contributed by atoms with van der Waals surface area (Å²) in [5.74, 6) is -2.04. The van der Waals surface area contributed by atoms with E-state index in [-0.39, 0.29) is 12.0 Å². The molecule has 1 unspecified atom stereocenters. The number of amides is 1. The van der Waals surface area contributed by atoms with Crippen molar-refractivity contribution in [2.24, 2.45) is 0 Å². The molecule has 122 valence electrons. The number of benzene rings is 2. The third kappa shape index (κ3) is 3.30. The fourth-order valence-corrected chi connectivity index (χ4v) is 2.84. The van der Waals surface area contributed by atoms with E-state index in [4.69, 9.17) is 9.84 Å². The summed E-state index contributed by atoms with van der Waals surface area (Å²) in [6, 6.07) is 10.9. The van der Waals surface area contributed by atoms with Crippen molar-refractivity contribution in [1.82, 2.24) is 0 Å². The Morgan fingerprint density at radius 3 is 2.54 bits per heavy atom. The van der Waals surface area contributed by atoms with E-state index in [2.05, 4.69) is 21.2 Å². The molecule has 2 aromatic carbocycles. The highest BCUT2D eigenvalue weighted by Crippen LogP contribution is 2.25. The predicted octanol–water partition coefficient (Wildman–Crippen LogP) is 2.87. The van der Waals surface area contributed by atoms with E-state index in [1.54, 1.807) is 18.2 Å². The summed E-state index contributed by atoms with van der Waals surface area (Å²) in [5.41, 5.74) is 1.74. The van der Waals surface area contributed by atoms with Gasteiger partial charge in [0, 0.05) is 16.6 Å². The number of aromatic carboxylic acids is 1. The van der Waals surface area contributed by atoms with E-state index >= 15 is 0 Å². The van der Waals surface area contributed by atoms with Gasteiger partial charge in [0.25, 0.3) is 5.91 Å². The Morgan fingerprint density at radius 1 is 1.17 bits per heavy atom. The Balaban J connectivity index is 1.74. The van der Waals surface area contributed by atoms with Crippen LogP contribution in [0.4, 0.5) is 5.69 Å². The number of fused-ring (bicyclic) bond motifs is 1. The van der Waals surface area contributed by atoms with Gasteiger partial charge in [-0.25, -0.2) is 9.59 Å². The molecule has 2 N–H and O–H groups in total. The number of carboxylic acids is 1. The lowest BCUT2D eigenvalue weighted by atomic mass is 9.98. The molecule has 0 saturated carbocycles. The third-order valence-corrected chi connectivity index (χ3v) is 4.13.